The highest BCUT2D eigenvalue weighted by atomic mass is 19.1. The van der Waals surface area contributed by atoms with Gasteiger partial charge in [-0.25, -0.2) is 9.37 Å². The second-order valence-corrected chi connectivity index (χ2v) is 6.08. The number of fused-ring (bicyclic) bond motifs is 1. The zero-order valence-corrected chi connectivity index (χ0v) is 14.4. The number of aromatic nitrogens is 2. The molecule has 0 unspecified atom stereocenters. The van der Waals surface area contributed by atoms with Crippen LogP contribution in [0.5, 0.6) is 0 Å². The molecule has 0 aliphatic carbocycles. The molecule has 3 aromatic rings. The van der Waals surface area contributed by atoms with Gasteiger partial charge in [0.05, 0.1) is 24.4 Å². The monoisotopic (exact) mass is 368 g/mol. The molecule has 0 saturated carbocycles. The van der Waals surface area contributed by atoms with Gasteiger partial charge >= 0.3 is 0 Å². The third-order valence-electron chi connectivity index (χ3n) is 4.37. The number of hydrogen-bond acceptors (Lipinski definition) is 4. The van der Waals surface area contributed by atoms with E-state index in [2.05, 4.69) is 10.3 Å². The van der Waals surface area contributed by atoms with E-state index >= 15 is 0 Å². The van der Waals surface area contributed by atoms with Gasteiger partial charge < -0.3 is 15.0 Å². The fourth-order valence-corrected chi connectivity index (χ4v) is 3.01. The van der Waals surface area contributed by atoms with E-state index in [0.29, 0.717) is 31.8 Å². The molecule has 2 aromatic heterocycles. The molecule has 1 aliphatic rings. The molecule has 1 saturated heterocycles. The topological polar surface area (TPSA) is 75.9 Å². The number of nitrogens with zero attached hydrogens (tertiary/aromatic N) is 3. The Morgan fingerprint density at radius 3 is 2.59 bits per heavy atom. The highest BCUT2D eigenvalue weighted by Gasteiger charge is 2.26. The van der Waals surface area contributed by atoms with E-state index in [1.54, 1.807) is 35.4 Å². The summed E-state index contributed by atoms with van der Waals surface area (Å²) in [4.78, 5) is 31.5. The summed E-state index contributed by atoms with van der Waals surface area (Å²) in [7, 11) is 0. The van der Waals surface area contributed by atoms with Crippen LogP contribution in [-0.2, 0) is 4.74 Å². The molecule has 1 N–H and O–H groups in total. The fraction of sp³-hybridized carbons (Fsp3) is 0.211. The van der Waals surface area contributed by atoms with Crippen LogP contribution >= 0.6 is 0 Å². The van der Waals surface area contributed by atoms with Gasteiger partial charge in [0.2, 0.25) is 5.82 Å². The highest BCUT2D eigenvalue weighted by molar-refractivity contribution is 6.06. The number of halogens is 1. The zero-order chi connectivity index (χ0) is 18.8. The number of anilines is 1. The quantitative estimate of drug-likeness (QED) is 0.769. The summed E-state index contributed by atoms with van der Waals surface area (Å²) in [6.45, 7) is 1.89. The van der Waals surface area contributed by atoms with Crippen LogP contribution in [0.4, 0.5) is 10.1 Å². The van der Waals surface area contributed by atoms with E-state index in [4.69, 9.17) is 4.74 Å². The van der Waals surface area contributed by atoms with Gasteiger partial charge in [-0.1, -0.05) is 18.2 Å². The van der Waals surface area contributed by atoms with Crippen LogP contribution in [0.1, 0.15) is 21.1 Å². The summed E-state index contributed by atoms with van der Waals surface area (Å²) in [5, 5.41) is 2.51. The van der Waals surface area contributed by atoms with E-state index in [9.17, 15) is 14.0 Å². The van der Waals surface area contributed by atoms with Gasteiger partial charge in [-0.15, -0.1) is 0 Å². The van der Waals surface area contributed by atoms with E-state index < -0.39 is 11.7 Å². The number of amides is 2. The predicted molar refractivity (Wildman–Crippen MR) is 96.3 cm³/mol. The molecule has 2 amide bonds. The minimum absolute atomic E-state index is 0.0189. The van der Waals surface area contributed by atoms with Gasteiger partial charge in [-0.05, 0) is 24.3 Å². The average molecular weight is 368 g/mol. The van der Waals surface area contributed by atoms with Crippen LogP contribution in [0.25, 0.3) is 5.52 Å². The van der Waals surface area contributed by atoms with E-state index in [1.807, 2.05) is 0 Å². The molecule has 0 atom stereocenters. The first-order valence-electron chi connectivity index (χ1n) is 8.55. The SMILES string of the molecule is O=C(Nc1ccccc1F)c1nc(C(=O)N2CCOCC2)c2ccccn12. The molecule has 0 spiro atoms. The fourth-order valence-electron chi connectivity index (χ4n) is 3.01. The van der Waals surface area contributed by atoms with Crippen molar-refractivity contribution in [3.05, 3.63) is 66.0 Å². The Bertz CT molecular complexity index is 1010. The van der Waals surface area contributed by atoms with Crippen LogP contribution in [0.3, 0.4) is 0 Å². The first kappa shape index (κ1) is 17.2. The van der Waals surface area contributed by atoms with Crippen LogP contribution in [0, 0.1) is 5.82 Å². The molecule has 3 heterocycles. The Balaban J connectivity index is 1.70. The second kappa shape index (κ2) is 7.16. The average Bonchev–Trinajstić information content (AvgIpc) is 3.10. The minimum atomic E-state index is -0.595. The molecule has 27 heavy (non-hydrogen) atoms. The number of hydrogen-bond donors (Lipinski definition) is 1. The van der Waals surface area contributed by atoms with Crippen molar-refractivity contribution in [1.29, 1.82) is 0 Å². The molecule has 8 heteroatoms. The van der Waals surface area contributed by atoms with Gasteiger partial charge in [0.25, 0.3) is 11.8 Å². The Morgan fingerprint density at radius 2 is 1.81 bits per heavy atom. The number of benzene rings is 1. The molecular formula is C19H17FN4O3. The lowest BCUT2D eigenvalue weighted by atomic mass is 10.3. The first-order valence-corrected chi connectivity index (χ1v) is 8.55. The Labute approximate surface area is 154 Å². The van der Waals surface area contributed by atoms with E-state index in [-0.39, 0.29) is 23.1 Å². The number of pyridine rings is 1. The Kier molecular flexibility index (Phi) is 4.55. The van der Waals surface area contributed by atoms with E-state index in [0.717, 1.165) is 0 Å². The summed E-state index contributed by atoms with van der Waals surface area (Å²) in [5.41, 5.74) is 0.764. The summed E-state index contributed by atoms with van der Waals surface area (Å²) < 4.78 is 20.6. The van der Waals surface area contributed by atoms with Crippen LogP contribution in [0.15, 0.2) is 48.7 Å². The minimum Gasteiger partial charge on any atom is -0.378 e. The summed E-state index contributed by atoms with van der Waals surface area (Å²) in [6, 6.07) is 11.1. The number of carbonyl (C=O) groups is 2. The lowest BCUT2D eigenvalue weighted by molar-refractivity contribution is 0.0300. The maximum absolute atomic E-state index is 13.8. The van der Waals surface area contributed by atoms with Gasteiger partial charge in [0, 0.05) is 19.3 Å². The van der Waals surface area contributed by atoms with Crippen LogP contribution in [0.2, 0.25) is 0 Å². The molecular weight excluding hydrogens is 351 g/mol. The summed E-state index contributed by atoms with van der Waals surface area (Å²) in [6.07, 6.45) is 1.65. The molecule has 1 aliphatic heterocycles. The summed E-state index contributed by atoms with van der Waals surface area (Å²) >= 11 is 0. The molecule has 1 aromatic carbocycles. The van der Waals surface area contributed by atoms with Crippen LogP contribution in [-0.4, -0.2) is 52.4 Å². The van der Waals surface area contributed by atoms with Crippen LogP contribution < -0.4 is 5.32 Å². The number of ether oxygens (including phenoxy) is 1. The van der Waals surface area contributed by atoms with Crippen molar-refractivity contribution in [3.8, 4) is 0 Å². The lowest BCUT2D eigenvalue weighted by Gasteiger charge is -2.26. The predicted octanol–water partition coefficient (Wildman–Crippen LogP) is 2.20. The maximum atomic E-state index is 13.8. The normalized spacial score (nSPS) is 14.3. The Morgan fingerprint density at radius 1 is 1.07 bits per heavy atom. The first-order chi connectivity index (χ1) is 13.1. The second-order valence-electron chi connectivity index (χ2n) is 6.08. The van der Waals surface area contributed by atoms with Gasteiger partial charge in [0.15, 0.2) is 5.69 Å². The number of rotatable bonds is 3. The smallest absolute Gasteiger partial charge is 0.292 e. The van der Waals surface area contributed by atoms with Crippen molar-refractivity contribution < 1.29 is 18.7 Å². The number of nitrogens with one attached hydrogen (secondary N) is 1. The third kappa shape index (κ3) is 3.26. The molecule has 4 rings (SSSR count). The van der Waals surface area contributed by atoms with Crippen molar-refractivity contribution in [3.63, 3.8) is 0 Å². The lowest BCUT2D eigenvalue weighted by Crippen LogP contribution is -2.40. The third-order valence-corrected chi connectivity index (χ3v) is 4.37. The largest absolute Gasteiger partial charge is 0.378 e. The standard InChI is InChI=1S/C19H17FN4O3/c20-13-5-1-2-6-14(13)21-18(25)17-22-16(15-7-3-4-8-24(15)17)19(26)23-9-11-27-12-10-23/h1-8H,9-12H2,(H,21,25). The van der Waals surface area contributed by atoms with Crippen molar-refractivity contribution in [2.45, 2.75) is 0 Å². The van der Waals surface area contributed by atoms with Gasteiger partial charge in [0.1, 0.15) is 5.82 Å². The van der Waals surface area contributed by atoms with Crippen molar-refractivity contribution >= 4 is 23.0 Å². The number of para-hydroxylation sites is 1. The number of morpholine rings is 1. The molecule has 7 nitrogen and oxygen atoms in total. The van der Waals surface area contributed by atoms with Gasteiger partial charge in [-0.3, -0.25) is 14.0 Å². The summed E-state index contributed by atoms with van der Waals surface area (Å²) in [5.74, 6) is -1.38. The van der Waals surface area contributed by atoms with Gasteiger partial charge in [-0.2, -0.15) is 0 Å². The highest BCUT2D eigenvalue weighted by Crippen LogP contribution is 2.18. The van der Waals surface area contributed by atoms with Crippen molar-refractivity contribution in [2.24, 2.45) is 0 Å². The number of carbonyl (C=O) groups excluding carboxylic acids is 2. The molecule has 1 fully saturated rings. The molecule has 138 valence electrons. The number of imidazole rings is 1. The van der Waals surface area contributed by atoms with Crippen molar-refractivity contribution in [2.75, 3.05) is 31.6 Å². The molecule has 0 bridgehead atoms. The molecule has 0 radical (unpaired) electrons. The zero-order valence-electron chi connectivity index (χ0n) is 14.4. The Hall–Kier alpha value is -3.26. The maximum Gasteiger partial charge on any atom is 0.292 e. The van der Waals surface area contributed by atoms with Crippen molar-refractivity contribution in [1.82, 2.24) is 14.3 Å². The van der Waals surface area contributed by atoms with E-state index in [1.165, 1.54) is 22.6 Å².